The summed E-state index contributed by atoms with van der Waals surface area (Å²) in [6.45, 7) is 5.53. The summed E-state index contributed by atoms with van der Waals surface area (Å²) in [6, 6.07) is 16.6. The summed E-state index contributed by atoms with van der Waals surface area (Å²) in [5, 5.41) is 2.73. The van der Waals surface area contributed by atoms with Crippen molar-refractivity contribution in [2.24, 2.45) is 0 Å². The summed E-state index contributed by atoms with van der Waals surface area (Å²) in [5.41, 5.74) is 2.45. The number of hydrogen-bond acceptors (Lipinski definition) is 5. The molecule has 0 bridgehead atoms. The van der Waals surface area contributed by atoms with Gasteiger partial charge in [-0.1, -0.05) is 18.2 Å². The number of benzene rings is 2. The largest absolute Gasteiger partial charge is 0.481 e. The van der Waals surface area contributed by atoms with Gasteiger partial charge in [-0.3, -0.25) is 9.52 Å². The fourth-order valence-electron chi connectivity index (χ4n) is 2.66. The zero-order valence-electron chi connectivity index (χ0n) is 16.9. The number of amides is 1. The number of anilines is 2. The smallest absolute Gasteiger partial charge is 0.265 e. The van der Waals surface area contributed by atoms with Gasteiger partial charge in [0, 0.05) is 11.9 Å². The Morgan fingerprint density at radius 2 is 1.77 bits per heavy atom. The number of carbonyl (C=O) groups is 1. The van der Waals surface area contributed by atoms with Gasteiger partial charge < -0.3 is 10.1 Å². The second-order valence-corrected chi connectivity index (χ2v) is 8.55. The molecule has 0 saturated carbocycles. The third-order valence-corrected chi connectivity index (χ3v) is 5.72. The Balaban J connectivity index is 1.64. The standard InChI is InChI=1S/C22H23N3O4S/c1-15-7-8-16(2)20(14-15)29-17(3)22(26)24-18-9-11-19(12-10-18)30(27,28)25-21-6-4-5-13-23-21/h4-14,17H,1-3H3,(H,23,25)(H,24,26)/t17-/m1/s1. The van der Waals surface area contributed by atoms with Crippen LogP contribution >= 0.6 is 0 Å². The molecule has 0 aliphatic carbocycles. The average molecular weight is 426 g/mol. The minimum absolute atomic E-state index is 0.0610. The maximum absolute atomic E-state index is 12.5. The molecular weight excluding hydrogens is 402 g/mol. The molecule has 0 fully saturated rings. The lowest BCUT2D eigenvalue weighted by Crippen LogP contribution is -2.30. The summed E-state index contributed by atoms with van der Waals surface area (Å²) < 4.78 is 33.1. The normalized spacial score (nSPS) is 12.1. The number of aryl methyl sites for hydroxylation is 2. The number of nitrogens with zero attached hydrogens (tertiary/aromatic N) is 1. The number of rotatable bonds is 7. The van der Waals surface area contributed by atoms with Gasteiger partial charge in [-0.15, -0.1) is 0 Å². The van der Waals surface area contributed by atoms with E-state index in [0.717, 1.165) is 11.1 Å². The first-order valence-corrected chi connectivity index (χ1v) is 10.8. The molecule has 156 valence electrons. The van der Waals surface area contributed by atoms with Crippen LogP contribution in [0, 0.1) is 13.8 Å². The molecule has 2 aromatic carbocycles. The van der Waals surface area contributed by atoms with E-state index in [1.54, 1.807) is 25.1 Å². The van der Waals surface area contributed by atoms with Crippen LogP contribution in [0.4, 0.5) is 11.5 Å². The van der Waals surface area contributed by atoms with Gasteiger partial charge in [0.25, 0.3) is 15.9 Å². The van der Waals surface area contributed by atoms with E-state index in [1.807, 2.05) is 32.0 Å². The maximum atomic E-state index is 12.5. The number of pyridine rings is 1. The molecule has 1 amide bonds. The minimum Gasteiger partial charge on any atom is -0.481 e. The van der Waals surface area contributed by atoms with Crippen molar-refractivity contribution < 1.29 is 17.9 Å². The van der Waals surface area contributed by atoms with E-state index in [1.165, 1.54) is 30.5 Å². The van der Waals surface area contributed by atoms with Gasteiger partial charge in [0.1, 0.15) is 11.6 Å². The third-order valence-electron chi connectivity index (χ3n) is 4.35. The first kappa shape index (κ1) is 21.3. The zero-order chi connectivity index (χ0) is 21.7. The second kappa shape index (κ2) is 8.96. The van der Waals surface area contributed by atoms with E-state index < -0.39 is 16.1 Å². The molecular formula is C22H23N3O4S. The third kappa shape index (κ3) is 5.36. The molecule has 30 heavy (non-hydrogen) atoms. The van der Waals surface area contributed by atoms with Crippen molar-refractivity contribution in [2.45, 2.75) is 31.8 Å². The summed E-state index contributed by atoms with van der Waals surface area (Å²) in [4.78, 5) is 16.5. The molecule has 0 saturated heterocycles. The number of sulfonamides is 1. The molecule has 0 unspecified atom stereocenters. The van der Waals surface area contributed by atoms with Gasteiger partial charge >= 0.3 is 0 Å². The van der Waals surface area contributed by atoms with E-state index >= 15 is 0 Å². The van der Waals surface area contributed by atoms with Gasteiger partial charge in [0.2, 0.25) is 0 Å². The van der Waals surface area contributed by atoms with Gasteiger partial charge in [-0.05, 0) is 74.4 Å². The SMILES string of the molecule is Cc1ccc(C)c(O[C@H](C)C(=O)Nc2ccc(S(=O)(=O)Nc3ccccn3)cc2)c1. The maximum Gasteiger partial charge on any atom is 0.265 e. The summed E-state index contributed by atoms with van der Waals surface area (Å²) in [5.74, 6) is 0.546. The number of carbonyl (C=O) groups excluding carboxylic acids is 1. The van der Waals surface area contributed by atoms with Crippen LogP contribution in [0.3, 0.4) is 0 Å². The van der Waals surface area contributed by atoms with Gasteiger partial charge in [-0.25, -0.2) is 13.4 Å². The van der Waals surface area contributed by atoms with Crippen LogP contribution in [0.1, 0.15) is 18.1 Å². The Labute approximate surface area is 176 Å². The fourth-order valence-corrected chi connectivity index (χ4v) is 3.67. The lowest BCUT2D eigenvalue weighted by Gasteiger charge is -2.17. The van der Waals surface area contributed by atoms with Gasteiger partial charge in [-0.2, -0.15) is 0 Å². The molecule has 3 rings (SSSR count). The highest BCUT2D eigenvalue weighted by Gasteiger charge is 2.18. The molecule has 1 heterocycles. The quantitative estimate of drug-likeness (QED) is 0.598. The van der Waals surface area contributed by atoms with Gasteiger partial charge in [0.05, 0.1) is 4.90 Å². The lowest BCUT2D eigenvalue weighted by atomic mass is 10.1. The highest BCUT2D eigenvalue weighted by molar-refractivity contribution is 7.92. The molecule has 0 aliphatic rings. The van der Waals surface area contributed by atoms with Gasteiger partial charge in [0.15, 0.2) is 6.10 Å². The van der Waals surface area contributed by atoms with E-state index in [-0.39, 0.29) is 16.6 Å². The average Bonchev–Trinajstić information content (AvgIpc) is 2.71. The molecule has 2 N–H and O–H groups in total. The number of aromatic nitrogens is 1. The van der Waals surface area contributed by atoms with Crippen molar-refractivity contribution in [1.82, 2.24) is 4.98 Å². The van der Waals surface area contributed by atoms with E-state index in [0.29, 0.717) is 11.4 Å². The Hall–Kier alpha value is -3.39. The van der Waals surface area contributed by atoms with Crippen LogP contribution in [-0.2, 0) is 14.8 Å². The van der Waals surface area contributed by atoms with E-state index in [4.69, 9.17) is 4.74 Å². The van der Waals surface area contributed by atoms with Crippen LogP contribution in [0.15, 0.2) is 71.8 Å². The number of nitrogens with one attached hydrogen (secondary N) is 2. The lowest BCUT2D eigenvalue weighted by molar-refractivity contribution is -0.122. The minimum atomic E-state index is -3.77. The van der Waals surface area contributed by atoms with Crippen LogP contribution < -0.4 is 14.8 Å². The van der Waals surface area contributed by atoms with Crippen molar-refractivity contribution in [2.75, 3.05) is 10.0 Å². The van der Waals surface area contributed by atoms with Crippen molar-refractivity contribution >= 4 is 27.4 Å². The van der Waals surface area contributed by atoms with Crippen molar-refractivity contribution in [3.05, 3.63) is 78.0 Å². The highest BCUT2D eigenvalue weighted by Crippen LogP contribution is 2.21. The Kier molecular flexibility index (Phi) is 6.37. The summed E-state index contributed by atoms with van der Waals surface area (Å²) in [6.07, 6.45) is 0.776. The van der Waals surface area contributed by atoms with E-state index in [9.17, 15) is 13.2 Å². The van der Waals surface area contributed by atoms with E-state index in [2.05, 4.69) is 15.0 Å². The van der Waals surface area contributed by atoms with Crippen molar-refractivity contribution in [3.8, 4) is 5.75 Å². The molecule has 7 nitrogen and oxygen atoms in total. The summed E-state index contributed by atoms with van der Waals surface area (Å²) in [7, 11) is -3.77. The molecule has 3 aromatic rings. The van der Waals surface area contributed by atoms with Crippen LogP contribution in [0.5, 0.6) is 5.75 Å². The van der Waals surface area contributed by atoms with Crippen LogP contribution in [-0.4, -0.2) is 25.4 Å². The van der Waals surface area contributed by atoms with Crippen molar-refractivity contribution in [3.63, 3.8) is 0 Å². The molecule has 0 aliphatic heterocycles. The monoisotopic (exact) mass is 425 g/mol. The highest BCUT2D eigenvalue weighted by atomic mass is 32.2. The number of hydrogen-bond donors (Lipinski definition) is 2. The van der Waals surface area contributed by atoms with Crippen LogP contribution in [0.2, 0.25) is 0 Å². The predicted octanol–water partition coefficient (Wildman–Crippen LogP) is 3.91. The first-order valence-electron chi connectivity index (χ1n) is 9.33. The topological polar surface area (TPSA) is 97.4 Å². The summed E-state index contributed by atoms with van der Waals surface area (Å²) >= 11 is 0. The molecule has 8 heteroatoms. The Bertz CT molecular complexity index is 1130. The Morgan fingerprint density at radius 1 is 1.03 bits per heavy atom. The second-order valence-electron chi connectivity index (χ2n) is 6.86. The predicted molar refractivity (Wildman–Crippen MR) is 116 cm³/mol. The molecule has 0 spiro atoms. The number of ether oxygens (including phenoxy) is 1. The Morgan fingerprint density at radius 3 is 2.43 bits per heavy atom. The van der Waals surface area contributed by atoms with Crippen LogP contribution in [0.25, 0.3) is 0 Å². The first-order chi connectivity index (χ1) is 14.2. The fraction of sp³-hybridized carbons (Fsp3) is 0.182. The molecule has 0 radical (unpaired) electrons. The zero-order valence-corrected chi connectivity index (χ0v) is 17.7. The molecule has 1 aromatic heterocycles. The molecule has 1 atom stereocenters. The van der Waals surface area contributed by atoms with Crippen molar-refractivity contribution in [1.29, 1.82) is 0 Å².